The first kappa shape index (κ1) is 8.59. The normalized spacial score (nSPS) is 48.5. The van der Waals surface area contributed by atoms with Gasteiger partial charge in [0.25, 0.3) is 0 Å². The molecule has 0 aromatic heterocycles. The Kier molecular flexibility index (Phi) is 2.43. The third kappa shape index (κ3) is 1.53. The molecule has 0 unspecified atom stereocenters. The van der Waals surface area contributed by atoms with Crippen molar-refractivity contribution in [3.63, 3.8) is 0 Å². The quantitative estimate of drug-likeness (QED) is 0.512. The summed E-state index contributed by atoms with van der Waals surface area (Å²) in [6, 6.07) is 0. The molecule has 2 rings (SSSR count). The van der Waals surface area contributed by atoms with Crippen molar-refractivity contribution in [2.24, 2.45) is 23.7 Å². The van der Waals surface area contributed by atoms with Crippen molar-refractivity contribution in [3.05, 3.63) is 0 Å². The van der Waals surface area contributed by atoms with Gasteiger partial charge in [-0.3, -0.25) is 0 Å². The predicted octanol–water partition coefficient (Wildman–Crippen LogP) is 3.86. The third-order valence-corrected chi connectivity index (χ3v) is 4.18. The Bertz CT molecular complexity index is 150. The van der Waals surface area contributed by atoms with E-state index in [-0.39, 0.29) is 0 Å². The molecule has 0 nitrogen and oxygen atoms in total. The Morgan fingerprint density at radius 3 is 2.50 bits per heavy atom. The van der Waals surface area contributed by atoms with Crippen LogP contribution in [0.3, 0.4) is 0 Å². The Balaban J connectivity index is 2.01. The lowest BCUT2D eigenvalue weighted by atomic mass is 9.63. The average Bonchev–Trinajstić information content (AvgIpc) is 2.04. The van der Waals surface area contributed by atoms with Gasteiger partial charge in [-0.25, -0.2) is 0 Å². The van der Waals surface area contributed by atoms with Crippen LogP contribution in [-0.4, -0.2) is 0 Å². The van der Waals surface area contributed by atoms with E-state index in [0.29, 0.717) is 0 Å². The van der Waals surface area contributed by atoms with E-state index in [0.717, 1.165) is 23.7 Å². The van der Waals surface area contributed by atoms with Crippen LogP contribution in [0.15, 0.2) is 0 Å². The first-order valence-corrected chi connectivity index (χ1v) is 5.77. The van der Waals surface area contributed by atoms with Gasteiger partial charge in [0.2, 0.25) is 0 Å². The zero-order chi connectivity index (χ0) is 8.55. The zero-order valence-corrected chi connectivity index (χ0v) is 8.55. The van der Waals surface area contributed by atoms with Crippen LogP contribution < -0.4 is 0 Å². The highest BCUT2D eigenvalue weighted by atomic mass is 14.4. The highest BCUT2D eigenvalue weighted by Crippen LogP contribution is 2.45. The molecule has 0 amide bonds. The molecule has 0 heterocycles. The standard InChI is InChI=1S/C12H22/c1-9-7-10(2)12-6-4-3-5-11(12)8-9/h9-12H,3-8H2,1-2H3/t9-,10+,11-,12+/m1/s1. The molecule has 2 saturated carbocycles. The van der Waals surface area contributed by atoms with Gasteiger partial charge in [-0.05, 0) is 42.9 Å². The summed E-state index contributed by atoms with van der Waals surface area (Å²) in [7, 11) is 0. The topological polar surface area (TPSA) is 0 Å². The smallest absolute Gasteiger partial charge is 0.0360 e. The molecule has 0 spiro atoms. The molecule has 12 heavy (non-hydrogen) atoms. The molecule has 0 heteroatoms. The fourth-order valence-corrected chi connectivity index (χ4v) is 3.70. The van der Waals surface area contributed by atoms with E-state index in [2.05, 4.69) is 13.8 Å². The highest BCUT2D eigenvalue weighted by Gasteiger charge is 2.34. The molecule has 70 valence electrons. The van der Waals surface area contributed by atoms with Gasteiger partial charge in [-0.2, -0.15) is 0 Å². The van der Waals surface area contributed by atoms with Crippen molar-refractivity contribution in [1.29, 1.82) is 0 Å². The number of rotatable bonds is 0. The maximum atomic E-state index is 2.48. The summed E-state index contributed by atoms with van der Waals surface area (Å²) < 4.78 is 0. The summed E-state index contributed by atoms with van der Waals surface area (Å²) in [5, 5.41) is 0. The minimum atomic E-state index is 1.01. The first-order valence-electron chi connectivity index (χ1n) is 5.77. The van der Waals surface area contributed by atoms with E-state index in [4.69, 9.17) is 0 Å². The van der Waals surface area contributed by atoms with Crippen LogP contribution in [0.2, 0.25) is 0 Å². The Morgan fingerprint density at radius 1 is 0.917 bits per heavy atom. The lowest BCUT2D eigenvalue weighted by molar-refractivity contribution is 0.0827. The third-order valence-electron chi connectivity index (χ3n) is 4.18. The van der Waals surface area contributed by atoms with E-state index in [9.17, 15) is 0 Å². The molecule has 0 saturated heterocycles. The molecule has 0 bridgehead atoms. The van der Waals surface area contributed by atoms with E-state index in [1.54, 1.807) is 12.8 Å². The average molecular weight is 166 g/mol. The maximum absolute atomic E-state index is 2.48. The van der Waals surface area contributed by atoms with Crippen LogP contribution in [0, 0.1) is 23.7 Å². The van der Waals surface area contributed by atoms with Crippen molar-refractivity contribution in [1.82, 2.24) is 0 Å². The molecule has 2 aliphatic rings. The molecule has 2 fully saturated rings. The van der Waals surface area contributed by atoms with Crippen LogP contribution in [0.1, 0.15) is 52.4 Å². The van der Waals surface area contributed by atoms with E-state index >= 15 is 0 Å². The fraction of sp³-hybridized carbons (Fsp3) is 1.00. The van der Waals surface area contributed by atoms with Crippen molar-refractivity contribution >= 4 is 0 Å². The van der Waals surface area contributed by atoms with Gasteiger partial charge in [0.05, 0.1) is 0 Å². The SMILES string of the molecule is C[C@H]1C[C@H]2CCCC[C@H]2[C@@H](C)C1. The minimum Gasteiger partial charge on any atom is -0.0625 e. The van der Waals surface area contributed by atoms with Gasteiger partial charge >= 0.3 is 0 Å². The van der Waals surface area contributed by atoms with Gasteiger partial charge in [0, 0.05) is 0 Å². The van der Waals surface area contributed by atoms with Gasteiger partial charge in [-0.15, -0.1) is 0 Å². The number of hydrogen-bond acceptors (Lipinski definition) is 0. The molecule has 0 radical (unpaired) electrons. The second-order valence-corrected chi connectivity index (χ2v) is 5.26. The summed E-state index contributed by atoms with van der Waals surface area (Å²) in [5.74, 6) is 4.26. The zero-order valence-electron chi connectivity index (χ0n) is 8.55. The van der Waals surface area contributed by atoms with Crippen LogP contribution >= 0.6 is 0 Å². The van der Waals surface area contributed by atoms with Gasteiger partial charge in [-0.1, -0.05) is 33.1 Å². The molecule has 0 aromatic carbocycles. The molecule has 4 atom stereocenters. The largest absolute Gasteiger partial charge is 0.0625 e. The van der Waals surface area contributed by atoms with Gasteiger partial charge in [0.15, 0.2) is 0 Å². The van der Waals surface area contributed by atoms with Crippen LogP contribution in [0.25, 0.3) is 0 Å². The molecule has 0 N–H and O–H groups in total. The van der Waals surface area contributed by atoms with E-state index in [1.165, 1.54) is 25.7 Å². The van der Waals surface area contributed by atoms with E-state index < -0.39 is 0 Å². The molecule has 0 aliphatic heterocycles. The number of hydrogen-bond donors (Lipinski definition) is 0. The summed E-state index contributed by atoms with van der Waals surface area (Å²) in [6.45, 7) is 4.93. The van der Waals surface area contributed by atoms with Crippen LogP contribution in [-0.2, 0) is 0 Å². The summed E-state index contributed by atoms with van der Waals surface area (Å²) >= 11 is 0. The second-order valence-electron chi connectivity index (χ2n) is 5.26. The highest BCUT2D eigenvalue weighted by molar-refractivity contribution is 4.85. The Morgan fingerprint density at radius 2 is 1.67 bits per heavy atom. The molecular formula is C12H22. The van der Waals surface area contributed by atoms with Crippen LogP contribution in [0.5, 0.6) is 0 Å². The van der Waals surface area contributed by atoms with Crippen molar-refractivity contribution in [3.8, 4) is 0 Å². The Labute approximate surface area is 76.7 Å². The van der Waals surface area contributed by atoms with Crippen LogP contribution in [0.4, 0.5) is 0 Å². The summed E-state index contributed by atoms with van der Waals surface area (Å²) in [6.07, 6.45) is 9.15. The second kappa shape index (κ2) is 3.40. The molecule has 2 aliphatic carbocycles. The van der Waals surface area contributed by atoms with Gasteiger partial charge in [0.1, 0.15) is 0 Å². The summed E-state index contributed by atoms with van der Waals surface area (Å²) in [4.78, 5) is 0. The monoisotopic (exact) mass is 166 g/mol. The minimum absolute atomic E-state index is 1.01. The van der Waals surface area contributed by atoms with Crippen molar-refractivity contribution in [2.45, 2.75) is 52.4 Å². The van der Waals surface area contributed by atoms with Crippen molar-refractivity contribution < 1.29 is 0 Å². The summed E-state index contributed by atoms with van der Waals surface area (Å²) in [5.41, 5.74) is 0. The maximum Gasteiger partial charge on any atom is -0.0360 e. The van der Waals surface area contributed by atoms with E-state index in [1.807, 2.05) is 0 Å². The van der Waals surface area contributed by atoms with Gasteiger partial charge < -0.3 is 0 Å². The fourth-order valence-electron chi connectivity index (χ4n) is 3.70. The van der Waals surface area contributed by atoms with Crippen molar-refractivity contribution in [2.75, 3.05) is 0 Å². The lowest BCUT2D eigenvalue weighted by Gasteiger charge is -2.42. The first-order chi connectivity index (χ1) is 5.77. The Hall–Kier alpha value is 0. The predicted molar refractivity (Wildman–Crippen MR) is 53.0 cm³/mol. The molecule has 0 aromatic rings. The molecular weight excluding hydrogens is 144 g/mol. The number of fused-ring (bicyclic) bond motifs is 1. The lowest BCUT2D eigenvalue weighted by Crippen LogP contribution is -2.32.